The summed E-state index contributed by atoms with van der Waals surface area (Å²) in [7, 11) is 1.30. The van der Waals surface area contributed by atoms with Gasteiger partial charge >= 0.3 is 5.97 Å². The highest BCUT2D eigenvalue weighted by molar-refractivity contribution is 9.10. The second-order valence-electron chi connectivity index (χ2n) is 3.47. The summed E-state index contributed by atoms with van der Waals surface area (Å²) in [6.45, 7) is 1.81. The van der Waals surface area contributed by atoms with E-state index in [-0.39, 0.29) is 5.91 Å². The predicted molar refractivity (Wildman–Crippen MR) is 67.7 cm³/mol. The predicted octanol–water partition coefficient (Wildman–Crippen LogP) is 2.13. The van der Waals surface area contributed by atoms with Gasteiger partial charge in [0.2, 0.25) is 0 Å². The summed E-state index contributed by atoms with van der Waals surface area (Å²) in [4.78, 5) is 23.2. The molecular formula is C12H14BrNO3. The van der Waals surface area contributed by atoms with Gasteiger partial charge in [-0.1, -0.05) is 28.9 Å². The van der Waals surface area contributed by atoms with Gasteiger partial charge in [-0.15, -0.1) is 0 Å². The first kappa shape index (κ1) is 13.7. The molecule has 0 saturated heterocycles. The number of hydrogen-bond donors (Lipinski definition) is 1. The van der Waals surface area contributed by atoms with Crippen molar-refractivity contribution in [2.24, 2.45) is 0 Å². The number of benzene rings is 1. The first-order valence-corrected chi connectivity index (χ1v) is 6.02. The summed E-state index contributed by atoms with van der Waals surface area (Å²) in [6, 6.07) is 6.36. The highest BCUT2D eigenvalue weighted by Crippen LogP contribution is 2.11. The summed E-state index contributed by atoms with van der Waals surface area (Å²) in [5, 5.41) is 2.63. The number of ether oxygens (including phenoxy) is 1. The van der Waals surface area contributed by atoms with Gasteiger partial charge in [-0.25, -0.2) is 4.79 Å². The summed E-state index contributed by atoms with van der Waals surface area (Å²) in [6.07, 6.45) is 0.492. The lowest BCUT2D eigenvalue weighted by atomic mass is 10.1. The zero-order chi connectivity index (χ0) is 12.8. The normalized spacial score (nSPS) is 11.7. The number of hydrogen-bond acceptors (Lipinski definition) is 3. The smallest absolute Gasteiger partial charge is 0.328 e. The van der Waals surface area contributed by atoms with Crippen molar-refractivity contribution < 1.29 is 14.3 Å². The largest absolute Gasteiger partial charge is 0.467 e. The Morgan fingerprint density at radius 2 is 2.18 bits per heavy atom. The Morgan fingerprint density at radius 1 is 1.47 bits per heavy atom. The molecule has 0 radical (unpaired) electrons. The fourth-order valence-corrected chi connectivity index (χ4v) is 1.74. The molecule has 1 rings (SSSR count). The molecule has 0 bridgehead atoms. The summed E-state index contributed by atoms with van der Waals surface area (Å²) < 4.78 is 5.42. The van der Waals surface area contributed by atoms with Crippen molar-refractivity contribution >= 4 is 27.8 Å². The van der Waals surface area contributed by atoms with E-state index in [1.165, 1.54) is 7.11 Å². The van der Waals surface area contributed by atoms with E-state index in [0.29, 0.717) is 12.0 Å². The van der Waals surface area contributed by atoms with Crippen LogP contribution in [0.3, 0.4) is 0 Å². The fourth-order valence-electron chi connectivity index (χ4n) is 1.34. The zero-order valence-corrected chi connectivity index (χ0v) is 11.3. The van der Waals surface area contributed by atoms with E-state index < -0.39 is 12.0 Å². The standard InChI is InChI=1S/C12H14BrNO3/c1-3-10(12(16)17-2)14-11(15)8-5-4-6-9(13)7-8/h4-7,10H,3H2,1-2H3,(H,14,15)/t10-/m1/s1. The monoisotopic (exact) mass is 299 g/mol. The molecule has 0 aliphatic carbocycles. The van der Waals surface area contributed by atoms with Crippen LogP contribution in [-0.4, -0.2) is 25.0 Å². The number of rotatable bonds is 4. The third-order valence-electron chi connectivity index (χ3n) is 2.29. The zero-order valence-electron chi connectivity index (χ0n) is 9.70. The number of carbonyl (C=O) groups excluding carboxylic acids is 2. The summed E-state index contributed by atoms with van der Waals surface area (Å²) in [5.74, 6) is -0.723. The summed E-state index contributed by atoms with van der Waals surface area (Å²) >= 11 is 3.28. The maximum atomic E-state index is 11.8. The van der Waals surface area contributed by atoms with Gasteiger partial charge in [0.15, 0.2) is 0 Å². The topological polar surface area (TPSA) is 55.4 Å². The van der Waals surface area contributed by atoms with Gasteiger partial charge in [-0.05, 0) is 24.6 Å². The lowest BCUT2D eigenvalue weighted by molar-refractivity contribution is -0.142. The molecule has 1 amide bonds. The third-order valence-corrected chi connectivity index (χ3v) is 2.78. The number of nitrogens with one attached hydrogen (secondary N) is 1. The van der Waals surface area contributed by atoms with Crippen LogP contribution in [0.2, 0.25) is 0 Å². The van der Waals surface area contributed by atoms with Crippen molar-refractivity contribution in [3.8, 4) is 0 Å². The Hall–Kier alpha value is -1.36. The molecule has 4 nitrogen and oxygen atoms in total. The number of halogens is 1. The van der Waals surface area contributed by atoms with Crippen LogP contribution in [0.5, 0.6) is 0 Å². The molecule has 5 heteroatoms. The van der Waals surface area contributed by atoms with Crippen molar-refractivity contribution in [1.29, 1.82) is 0 Å². The molecule has 1 aromatic rings. The van der Waals surface area contributed by atoms with E-state index in [2.05, 4.69) is 26.0 Å². The van der Waals surface area contributed by atoms with Crippen LogP contribution in [0.15, 0.2) is 28.7 Å². The van der Waals surface area contributed by atoms with Crippen molar-refractivity contribution in [1.82, 2.24) is 5.32 Å². The van der Waals surface area contributed by atoms with Crippen LogP contribution < -0.4 is 5.32 Å². The van der Waals surface area contributed by atoms with Gasteiger partial charge < -0.3 is 10.1 Å². The molecule has 17 heavy (non-hydrogen) atoms. The van der Waals surface area contributed by atoms with Gasteiger partial charge in [0, 0.05) is 10.0 Å². The molecule has 1 atom stereocenters. The second kappa shape index (κ2) is 6.39. The number of amides is 1. The lowest BCUT2D eigenvalue weighted by Gasteiger charge is -2.14. The van der Waals surface area contributed by atoms with Gasteiger partial charge in [0.05, 0.1) is 7.11 Å². The maximum Gasteiger partial charge on any atom is 0.328 e. The van der Waals surface area contributed by atoms with Crippen molar-refractivity contribution in [3.05, 3.63) is 34.3 Å². The maximum absolute atomic E-state index is 11.8. The Kier molecular flexibility index (Phi) is 5.15. The molecule has 1 N–H and O–H groups in total. The molecule has 0 aliphatic rings. The van der Waals surface area contributed by atoms with E-state index in [4.69, 9.17) is 0 Å². The first-order valence-electron chi connectivity index (χ1n) is 5.22. The fraction of sp³-hybridized carbons (Fsp3) is 0.333. The molecule has 92 valence electrons. The van der Waals surface area contributed by atoms with Crippen molar-refractivity contribution in [2.45, 2.75) is 19.4 Å². The van der Waals surface area contributed by atoms with E-state index in [0.717, 1.165) is 4.47 Å². The van der Waals surface area contributed by atoms with E-state index >= 15 is 0 Å². The van der Waals surface area contributed by atoms with Gasteiger partial charge in [-0.3, -0.25) is 4.79 Å². The minimum atomic E-state index is -0.605. The van der Waals surface area contributed by atoms with Crippen LogP contribution in [0.25, 0.3) is 0 Å². The van der Waals surface area contributed by atoms with E-state index in [1.54, 1.807) is 18.2 Å². The third kappa shape index (κ3) is 3.85. The van der Waals surface area contributed by atoms with Crippen LogP contribution in [0.4, 0.5) is 0 Å². The molecule has 0 unspecified atom stereocenters. The van der Waals surface area contributed by atoms with Crippen molar-refractivity contribution in [2.75, 3.05) is 7.11 Å². The van der Waals surface area contributed by atoms with Crippen LogP contribution in [-0.2, 0) is 9.53 Å². The molecular weight excluding hydrogens is 286 g/mol. The first-order chi connectivity index (χ1) is 8.08. The van der Waals surface area contributed by atoms with Gasteiger partial charge in [-0.2, -0.15) is 0 Å². The highest BCUT2D eigenvalue weighted by atomic mass is 79.9. The number of esters is 1. The minimum absolute atomic E-state index is 0.288. The Labute approximate surface area is 108 Å². The molecule has 0 saturated carbocycles. The number of carbonyl (C=O) groups is 2. The lowest BCUT2D eigenvalue weighted by Crippen LogP contribution is -2.41. The number of methoxy groups -OCH3 is 1. The molecule has 0 spiro atoms. The highest BCUT2D eigenvalue weighted by Gasteiger charge is 2.19. The molecule has 0 aromatic heterocycles. The van der Waals surface area contributed by atoms with Crippen LogP contribution >= 0.6 is 15.9 Å². The Bertz CT molecular complexity index is 420. The van der Waals surface area contributed by atoms with Gasteiger partial charge in [0.1, 0.15) is 6.04 Å². The SMILES string of the molecule is CC[C@@H](NC(=O)c1cccc(Br)c1)C(=O)OC. The average Bonchev–Trinajstić information content (AvgIpc) is 2.34. The van der Waals surface area contributed by atoms with Gasteiger partial charge in [0.25, 0.3) is 5.91 Å². The minimum Gasteiger partial charge on any atom is -0.467 e. The van der Waals surface area contributed by atoms with Crippen molar-refractivity contribution in [3.63, 3.8) is 0 Å². The molecule has 0 fully saturated rings. The Balaban J connectivity index is 2.74. The summed E-state index contributed by atoms with van der Waals surface area (Å²) in [5.41, 5.74) is 0.502. The van der Waals surface area contributed by atoms with E-state index in [1.807, 2.05) is 13.0 Å². The second-order valence-corrected chi connectivity index (χ2v) is 4.38. The average molecular weight is 300 g/mol. The molecule has 1 aromatic carbocycles. The quantitative estimate of drug-likeness (QED) is 0.867. The van der Waals surface area contributed by atoms with Crippen LogP contribution in [0.1, 0.15) is 23.7 Å². The Morgan fingerprint density at radius 3 is 2.71 bits per heavy atom. The van der Waals surface area contributed by atoms with E-state index in [9.17, 15) is 9.59 Å². The molecule has 0 aliphatic heterocycles. The van der Waals surface area contributed by atoms with Crippen LogP contribution in [0, 0.1) is 0 Å². The molecule has 0 heterocycles.